The van der Waals surface area contributed by atoms with Crippen LogP contribution in [-0.2, 0) is 0 Å². The molecule has 152 valence electrons. The van der Waals surface area contributed by atoms with Crippen LogP contribution >= 0.6 is 23.5 Å². The van der Waals surface area contributed by atoms with Crippen molar-refractivity contribution in [2.75, 3.05) is 0 Å². The van der Waals surface area contributed by atoms with E-state index in [0.717, 1.165) is 16.0 Å². The smallest absolute Gasteiger partial charge is 0.186 e. The van der Waals surface area contributed by atoms with Gasteiger partial charge in [0.25, 0.3) is 0 Å². The number of carbonyl (C=O) groups excluding carboxylic acids is 1. The van der Waals surface area contributed by atoms with Gasteiger partial charge in [-0.2, -0.15) is 0 Å². The van der Waals surface area contributed by atoms with Gasteiger partial charge in [-0.05, 0) is 84.8 Å². The molecule has 0 saturated heterocycles. The van der Waals surface area contributed by atoms with Crippen molar-refractivity contribution in [3.8, 4) is 0 Å². The number of carbonyl (C=O) groups is 1. The van der Waals surface area contributed by atoms with E-state index in [-0.39, 0.29) is 5.78 Å². The van der Waals surface area contributed by atoms with Gasteiger partial charge in [0.05, 0.1) is 0 Å². The zero-order chi connectivity index (χ0) is 21.5. The summed E-state index contributed by atoms with van der Waals surface area (Å²) in [6.07, 6.45) is 1.72. The fourth-order valence-corrected chi connectivity index (χ4v) is 4.76. The quantitative estimate of drug-likeness (QED) is 0.213. The lowest BCUT2D eigenvalue weighted by atomic mass is 10.0. The van der Waals surface area contributed by atoms with Crippen LogP contribution in [0, 0.1) is 0 Å². The Balaban J connectivity index is 1.41. The second-order valence-electron chi connectivity index (χ2n) is 7.07. The standard InChI is InChI=1S/C28H22OS2/c1-21(22-12-16-26(17-13-22)30-24-8-4-2-5-9-24)20-28(29)23-14-18-27(19-15-23)31-25-10-6-3-7-11-25/h2-20H,1H3/b21-20-. The maximum atomic E-state index is 12.7. The molecule has 3 heteroatoms. The predicted octanol–water partition coefficient (Wildman–Crippen LogP) is 8.28. The summed E-state index contributed by atoms with van der Waals surface area (Å²) in [7, 11) is 0. The molecule has 0 fully saturated rings. The maximum Gasteiger partial charge on any atom is 0.186 e. The third kappa shape index (κ3) is 6.00. The molecule has 31 heavy (non-hydrogen) atoms. The molecule has 0 aliphatic heterocycles. The first-order chi connectivity index (χ1) is 15.2. The molecule has 0 aromatic heterocycles. The molecule has 0 atom stereocenters. The Bertz CT molecular complexity index is 1160. The van der Waals surface area contributed by atoms with Gasteiger partial charge in [0.2, 0.25) is 0 Å². The monoisotopic (exact) mass is 438 g/mol. The largest absolute Gasteiger partial charge is 0.289 e. The first-order valence-corrected chi connectivity index (χ1v) is 11.7. The molecule has 0 aliphatic rings. The molecule has 4 aromatic rings. The van der Waals surface area contributed by atoms with E-state index in [9.17, 15) is 4.79 Å². The minimum atomic E-state index is 0.0245. The highest BCUT2D eigenvalue weighted by Crippen LogP contribution is 2.29. The molecule has 0 spiro atoms. The van der Waals surface area contributed by atoms with E-state index in [0.29, 0.717) is 5.56 Å². The van der Waals surface area contributed by atoms with Crippen LogP contribution in [-0.4, -0.2) is 5.78 Å². The fourth-order valence-electron chi connectivity index (χ4n) is 3.09. The van der Waals surface area contributed by atoms with E-state index in [2.05, 4.69) is 48.5 Å². The summed E-state index contributed by atoms with van der Waals surface area (Å²) in [5.41, 5.74) is 2.72. The molecular formula is C28H22OS2. The molecule has 0 N–H and O–H groups in total. The van der Waals surface area contributed by atoms with Crippen molar-refractivity contribution in [3.63, 3.8) is 0 Å². The normalized spacial score (nSPS) is 11.3. The second-order valence-corrected chi connectivity index (χ2v) is 9.36. The topological polar surface area (TPSA) is 17.1 Å². The highest BCUT2D eigenvalue weighted by molar-refractivity contribution is 7.99. The summed E-state index contributed by atoms with van der Waals surface area (Å²) in [5, 5.41) is 0. The molecule has 0 saturated carbocycles. The molecule has 0 aliphatic carbocycles. The molecule has 0 bridgehead atoms. The van der Waals surface area contributed by atoms with Crippen LogP contribution in [0.25, 0.3) is 5.57 Å². The minimum Gasteiger partial charge on any atom is -0.289 e. The maximum absolute atomic E-state index is 12.7. The SMILES string of the molecule is C/C(=C/C(=O)c1ccc(Sc2ccccc2)cc1)c1ccc(Sc2ccccc2)cc1. The van der Waals surface area contributed by atoms with E-state index in [1.807, 2.05) is 67.6 Å². The Kier molecular flexibility index (Phi) is 7.08. The van der Waals surface area contributed by atoms with Crippen LogP contribution in [0.5, 0.6) is 0 Å². The lowest BCUT2D eigenvalue weighted by molar-refractivity contribution is 0.104. The Morgan fingerprint density at radius 3 is 1.39 bits per heavy atom. The van der Waals surface area contributed by atoms with Crippen molar-refractivity contribution in [3.05, 3.63) is 126 Å². The van der Waals surface area contributed by atoms with Gasteiger partial charge in [0.1, 0.15) is 0 Å². The zero-order valence-corrected chi connectivity index (χ0v) is 18.8. The summed E-state index contributed by atoms with van der Waals surface area (Å²) in [6, 6.07) is 36.7. The number of allylic oxidation sites excluding steroid dienone is 2. The molecule has 0 unspecified atom stereocenters. The van der Waals surface area contributed by atoms with Crippen LogP contribution in [0.4, 0.5) is 0 Å². The van der Waals surface area contributed by atoms with E-state index in [1.165, 1.54) is 14.7 Å². The van der Waals surface area contributed by atoms with Gasteiger partial charge in [-0.3, -0.25) is 4.79 Å². The van der Waals surface area contributed by atoms with Crippen LogP contribution in [0.1, 0.15) is 22.8 Å². The van der Waals surface area contributed by atoms with Gasteiger partial charge in [0.15, 0.2) is 5.78 Å². The average molecular weight is 439 g/mol. The first-order valence-electron chi connectivity index (χ1n) is 10.1. The van der Waals surface area contributed by atoms with Crippen molar-refractivity contribution < 1.29 is 4.79 Å². The van der Waals surface area contributed by atoms with Crippen LogP contribution in [0.15, 0.2) is 135 Å². The van der Waals surface area contributed by atoms with E-state index in [4.69, 9.17) is 0 Å². The van der Waals surface area contributed by atoms with Crippen molar-refractivity contribution in [2.45, 2.75) is 26.5 Å². The van der Waals surface area contributed by atoms with Crippen LogP contribution < -0.4 is 0 Å². The van der Waals surface area contributed by atoms with E-state index >= 15 is 0 Å². The predicted molar refractivity (Wildman–Crippen MR) is 132 cm³/mol. The summed E-state index contributed by atoms with van der Waals surface area (Å²) < 4.78 is 0. The summed E-state index contributed by atoms with van der Waals surface area (Å²) in [6.45, 7) is 1.98. The lowest BCUT2D eigenvalue weighted by Gasteiger charge is -2.06. The van der Waals surface area contributed by atoms with Gasteiger partial charge in [-0.25, -0.2) is 0 Å². The van der Waals surface area contributed by atoms with Gasteiger partial charge >= 0.3 is 0 Å². The van der Waals surface area contributed by atoms with Crippen LogP contribution in [0.3, 0.4) is 0 Å². The Morgan fingerprint density at radius 1 is 0.548 bits per heavy atom. The molecule has 0 heterocycles. The molecule has 0 radical (unpaired) electrons. The third-order valence-electron chi connectivity index (χ3n) is 4.75. The molecule has 1 nitrogen and oxygen atoms in total. The summed E-state index contributed by atoms with van der Waals surface area (Å²) >= 11 is 3.42. The number of hydrogen-bond acceptors (Lipinski definition) is 3. The Morgan fingerprint density at radius 2 is 0.935 bits per heavy atom. The van der Waals surface area contributed by atoms with E-state index < -0.39 is 0 Å². The lowest BCUT2D eigenvalue weighted by Crippen LogP contribution is -1.95. The van der Waals surface area contributed by atoms with Crippen LogP contribution in [0.2, 0.25) is 0 Å². The van der Waals surface area contributed by atoms with Crippen molar-refractivity contribution >= 4 is 34.9 Å². The number of rotatable bonds is 7. The first kappa shape index (κ1) is 21.2. The number of benzene rings is 4. The average Bonchev–Trinajstić information content (AvgIpc) is 2.81. The van der Waals surface area contributed by atoms with Crippen molar-refractivity contribution in [1.29, 1.82) is 0 Å². The van der Waals surface area contributed by atoms with E-state index in [1.54, 1.807) is 29.6 Å². The fraction of sp³-hybridized carbons (Fsp3) is 0.0357. The van der Waals surface area contributed by atoms with Crippen molar-refractivity contribution in [1.82, 2.24) is 0 Å². The number of hydrogen-bond donors (Lipinski definition) is 0. The second kappa shape index (κ2) is 10.3. The highest BCUT2D eigenvalue weighted by Gasteiger charge is 2.06. The molecule has 4 rings (SSSR count). The minimum absolute atomic E-state index is 0.0245. The Hall–Kier alpha value is -3.01. The Labute approximate surface area is 192 Å². The van der Waals surface area contributed by atoms with Gasteiger partial charge in [-0.1, -0.05) is 72.1 Å². The summed E-state index contributed by atoms with van der Waals surface area (Å²) in [5.74, 6) is 0.0245. The van der Waals surface area contributed by atoms with Gasteiger partial charge in [-0.15, -0.1) is 0 Å². The van der Waals surface area contributed by atoms with Crippen molar-refractivity contribution in [2.24, 2.45) is 0 Å². The summed E-state index contributed by atoms with van der Waals surface area (Å²) in [4.78, 5) is 17.4. The third-order valence-corrected chi connectivity index (χ3v) is 6.79. The van der Waals surface area contributed by atoms with Gasteiger partial charge in [0, 0.05) is 25.1 Å². The highest BCUT2D eigenvalue weighted by atomic mass is 32.2. The molecule has 0 amide bonds. The number of ketones is 1. The molecular weight excluding hydrogens is 416 g/mol. The van der Waals surface area contributed by atoms with Gasteiger partial charge < -0.3 is 0 Å². The molecule has 4 aromatic carbocycles. The zero-order valence-electron chi connectivity index (χ0n) is 17.2.